The average Bonchev–Trinajstić information content (AvgIpc) is 2.68. The van der Waals surface area contributed by atoms with Gasteiger partial charge in [-0.25, -0.2) is 4.39 Å². The average molecular weight is 205 g/mol. The second-order valence-corrected chi connectivity index (χ2v) is 3.28. The molecule has 0 spiro atoms. The second kappa shape index (κ2) is 4.28. The number of furan rings is 1. The summed E-state index contributed by atoms with van der Waals surface area (Å²) in [6.07, 6.45) is 0.675. The maximum atomic E-state index is 13.4. The predicted octanol–water partition coefficient (Wildman–Crippen LogP) is 2.59. The molecule has 78 valence electrons. The predicted molar refractivity (Wildman–Crippen MR) is 56.9 cm³/mol. The number of benzene rings is 1. The van der Waals surface area contributed by atoms with Gasteiger partial charge in [-0.05, 0) is 30.8 Å². The number of nitrogens with two attached hydrogens (primary N) is 1. The highest BCUT2D eigenvalue weighted by Gasteiger charge is 2.08. The summed E-state index contributed by atoms with van der Waals surface area (Å²) in [4.78, 5) is 0. The highest BCUT2D eigenvalue weighted by atomic mass is 19.1. The fourth-order valence-electron chi connectivity index (χ4n) is 1.46. The van der Waals surface area contributed by atoms with Gasteiger partial charge in [0.2, 0.25) is 0 Å². The molecule has 0 aliphatic heterocycles. The quantitative estimate of drug-likeness (QED) is 0.836. The van der Waals surface area contributed by atoms with Gasteiger partial charge in [0.15, 0.2) is 0 Å². The zero-order valence-corrected chi connectivity index (χ0v) is 8.24. The first kappa shape index (κ1) is 9.93. The maximum Gasteiger partial charge on any atom is 0.137 e. The third-order valence-corrected chi connectivity index (χ3v) is 2.19. The van der Waals surface area contributed by atoms with Crippen molar-refractivity contribution in [3.05, 3.63) is 48.0 Å². The van der Waals surface area contributed by atoms with E-state index in [1.165, 1.54) is 6.07 Å². The lowest BCUT2D eigenvalue weighted by atomic mass is 10.1. The third-order valence-electron chi connectivity index (χ3n) is 2.19. The van der Waals surface area contributed by atoms with E-state index in [-0.39, 0.29) is 5.82 Å². The van der Waals surface area contributed by atoms with Crippen molar-refractivity contribution < 1.29 is 8.81 Å². The summed E-state index contributed by atoms with van der Waals surface area (Å²) in [6.45, 7) is 0.532. The van der Waals surface area contributed by atoms with Crippen molar-refractivity contribution in [1.82, 2.24) is 0 Å². The smallest absolute Gasteiger partial charge is 0.137 e. The molecule has 2 aromatic rings. The zero-order valence-electron chi connectivity index (χ0n) is 8.24. The highest BCUT2D eigenvalue weighted by molar-refractivity contribution is 5.58. The van der Waals surface area contributed by atoms with Gasteiger partial charge in [-0.3, -0.25) is 0 Å². The molecule has 0 saturated carbocycles. The largest absolute Gasteiger partial charge is 0.461 e. The lowest BCUT2D eigenvalue weighted by molar-refractivity contribution is 0.518. The first-order valence-corrected chi connectivity index (χ1v) is 4.85. The van der Waals surface area contributed by atoms with Crippen LogP contribution >= 0.6 is 0 Å². The van der Waals surface area contributed by atoms with Gasteiger partial charge in [0.25, 0.3) is 0 Å². The van der Waals surface area contributed by atoms with Gasteiger partial charge in [0, 0.05) is 6.42 Å². The fourth-order valence-corrected chi connectivity index (χ4v) is 1.46. The van der Waals surface area contributed by atoms with Crippen molar-refractivity contribution in [3.8, 4) is 11.3 Å². The summed E-state index contributed by atoms with van der Waals surface area (Å²) < 4.78 is 18.9. The van der Waals surface area contributed by atoms with Crippen molar-refractivity contribution >= 4 is 0 Å². The van der Waals surface area contributed by atoms with Crippen LogP contribution in [-0.2, 0) is 6.42 Å². The van der Waals surface area contributed by atoms with Gasteiger partial charge in [-0.1, -0.05) is 12.1 Å². The summed E-state index contributed by atoms with van der Waals surface area (Å²) in [5, 5.41) is 0. The van der Waals surface area contributed by atoms with Crippen LogP contribution in [0.5, 0.6) is 0 Å². The number of hydrogen-bond acceptors (Lipinski definition) is 2. The van der Waals surface area contributed by atoms with Crippen molar-refractivity contribution in [2.24, 2.45) is 5.73 Å². The Morgan fingerprint density at radius 3 is 2.67 bits per heavy atom. The van der Waals surface area contributed by atoms with E-state index in [0.717, 1.165) is 5.76 Å². The van der Waals surface area contributed by atoms with Gasteiger partial charge < -0.3 is 10.2 Å². The molecule has 1 heterocycles. The van der Waals surface area contributed by atoms with Crippen LogP contribution in [0.2, 0.25) is 0 Å². The van der Waals surface area contributed by atoms with E-state index in [0.29, 0.717) is 24.3 Å². The molecule has 2 N–H and O–H groups in total. The zero-order chi connectivity index (χ0) is 10.7. The lowest BCUT2D eigenvalue weighted by Gasteiger charge is -1.98. The number of rotatable bonds is 3. The van der Waals surface area contributed by atoms with Crippen molar-refractivity contribution in [1.29, 1.82) is 0 Å². The molecule has 0 aliphatic rings. The van der Waals surface area contributed by atoms with Crippen molar-refractivity contribution in [3.63, 3.8) is 0 Å². The number of hydrogen-bond donors (Lipinski definition) is 1. The Hall–Kier alpha value is -1.61. The molecule has 0 bridgehead atoms. The Balaban J connectivity index is 2.33. The molecule has 0 aliphatic carbocycles. The highest BCUT2D eigenvalue weighted by Crippen LogP contribution is 2.24. The maximum absolute atomic E-state index is 13.4. The monoisotopic (exact) mass is 205 g/mol. The molecule has 1 aromatic heterocycles. The van der Waals surface area contributed by atoms with E-state index in [4.69, 9.17) is 10.2 Å². The summed E-state index contributed by atoms with van der Waals surface area (Å²) in [7, 11) is 0. The van der Waals surface area contributed by atoms with Crippen LogP contribution in [0.15, 0.2) is 40.8 Å². The Labute approximate surface area is 87.5 Å². The SMILES string of the molecule is NCCc1ccc(-c2ccccc2F)o1. The summed E-state index contributed by atoms with van der Waals surface area (Å²) in [5.74, 6) is 1.07. The molecule has 2 rings (SSSR count). The van der Waals surface area contributed by atoms with Gasteiger partial charge in [-0.15, -0.1) is 0 Å². The molecule has 0 unspecified atom stereocenters. The van der Waals surface area contributed by atoms with Crippen molar-refractivity contribution in [2.45, 2.75) is 6.42 Å². The van der Waals surface area contributed by atoms with E-state index in [1.54, 1.807) is 24.3 Å². The molecule has 15 heavy (non-hydrogen) atoms. The third kappa shape index (κ3) is 2.07. The van der Waals surface area contributed by atoms with Crippen LogP contribution in [-0.4, -0.2) is 6.54 Å². The van der Waals surface area contributed by atoms with Gasteiger partial charge in [0.05, 0.1) is 5.56 Å². The van der Waals surface area contributed by atoms with Gasteiger partial charge in [0.1, 0.15) is 17.3 Å². The van der Waals surface area contributed by atoms with Crippen LogP contribution in [0.3, 0.4) is 0 Å². The molecule has 0 fully saturated rings. The molecule has 0 atom stereocenters. The van der Waals surface area contributed by atoms with E-state index < -0.39 is 0 Å². The molecule has 3 heteroatoms. The van der Waals surface area contributed by atoms with Gasteiger partial charge >= 0.3 is 0 Å². The van der Waals surface area contributed by atoms with Crippen LogP contribution < -0.4 is 5.73 Å². The van der Waals surface area contributed by atoms with E-state index in [1.807, 2.05) is 6.07 Å². The summed E-state index contributed by atoms with van der Waals surface area (Å²) in [5.41, 5.74) is 5.89. The molecule has 0 saturated heterocycles. The first-order chi connectivity index (χ1) is 7.31. The molecule has 0 amide bonds. The van der Waals surface area contributed by atoms with E-state index in [9.17, 15) is 4.39 Å². The van der Waals surface area contributed by atoms with Crippen LogP contribution in [0.1, 0.15) is 5.76 Å². The first-order valence-electron chi connectivity index (χ1n) is 4.85. The fraction of sp³-hybridized carbons (Fsp3) is 0.167. The summed E-state index contributed by atoms with van der Waals surface area (Å²) in [6, 6.07) is 10.1. The molecular weight excluding hydrogens is 193 g/mol. The summed E-state index contributed by atoms with van der Waals surface area (Å²) >= 11 is 0. The van der Waals surface area contributed by atoms with Crippen molar-refractivity contribution in [2.75, 3.05) is 6.54 Å². The van der Waals surface area contributed by atoms with Crippen LogP contribution in [0.4, 0.5) is 4.39 Å². The molecule has 0 radical (unpaired) electrons. The Kier molecular flexibility index (Phi) is 2.83. The normalized spacial score (nSPS) is 10.5. The molecular formula is C12H12FNO. The Morgan fingerprint density at radius 1 is 1.13 bits per heavy atom. The van der Waals surface area contributed by atoms with Crippen LogP contribution in [0, 0.1) is 5.82 Å². The second-order valence-electron chi connectivity index (χ2n) is 3.28. The lowest BCUT2D eigenvalue weighted by Crippen LogP contribution is -2.01. The van der Waals surface area contributed by atoms with Crippen LogP contribution in [0.25, 0.3) is 11.3 Å². The van der Waals surface area contributed by atoms with E-state index >= 15 is 0 Å². The Bertz CT molecular complexity index is 450. The molecule has 1 aromatic carbocycles. The minimum atomic E-state index is -0.272. The Morgan fingerprint density at radius 2 is 1.93 bits per heavy atom. The topological polar surface area (TPSA) is 39.2 Å². The minimum absolute atomic E-state index is 0.272. The van der Waals surface area contributed by atoms with E-state index in [2.05, 4.69) is 0 Å². The number of halogens is 1. The van der Waals surface area contributed by atoms with Gasteiger partial charge in [-0.2, -0.15) is 0 Å². The minimum Gasteiger partial charge on any atom is -0.461 e. The molecule has 2 nitrogen and oxygen atoms in total. The standard InChI is InChI=1S/C12H12FNO/c13-11-4-2-1-3-10(11)12-6-5-9(15-12)7-8-14/h1-6H,7-8,14H2.